The number of nitrogen functional groups attached to an aromatic ring is 1. The third-order valence-corrected chi connectivity index (χ3v) is 1.59. The zero-order valence-electron chi connectivity index (χ0n) is 7.02. The fourth-order valence-electron chi connectivity index (χ4n) is 0.942. The van der Waals surface area contributed by atoms with Crippen molar-refractivity contribution in [2.24, 2.45) is 0 Å². The van der Waals surface area contributed by atoms with Crippen molar-refractivity contribution in [3.05, 3.63) is 17.9 Å². The fourth-order valence-corrected chi connectivity index (χ4v) is 0.942. The number of nitrogens with one attached hydrogen (secondary N) is 1. The summed E-state index contributed by atoms with van der Waals surface area (Å²) in [6, 6.07) is 2.75. The van der Waals surface area contributed by atoms with E-state index in [1.807, 2.05) is 0 Å². The summed E-state index contributed by atoms with van der Waals surface area (Å²) in [5.74, 6) is -0.262. The summed E-state index contributed by atoms with van der Waals surface area (Å²) in [6.07, 6.45) is 0. The Morgan fingerprint density at radius 2 is 2.17 bits per heavy atom. The molecule has 1 aromatic rings. The molecule has 1 rings (SSSR count). The van der Waals surface area contributed by atoms with Crippen LogP contribution in [0.5, 0.6) is 5.75 Å². The largest absolute Gasteiger partial charge is 0.494 e. The summed E-state index contributed by atoms with van der Waals surface area (Å²) in [5, 5.41) is 2.83. The smallest absolute Gasteiger partial charge is 0.167 e. The molecule has 12 heavy (non-hydrogen) atoms. The van der Waals surface area contributed by atoms with Crippen LogP contribution in [0.1, 0.15) is 0 Å². The first-order valence-corrected chi connectivity index (χ1v) is 3.49. The number of nitrogens with two attached hydrogens (primary N) is 1. The second-order valence-electron chi connectivity index (χ2n) is 2.32. The molecule has 3 N–H and O–H groups in total. The molecule has 0 bridgehead atoms. The van der Waals surface area contributed by atoms with E-state index in [4.69, 9.17) is 10.5 Å². The number of anilines is 2. The molecule has 0 heterocycles. The zero-order chi connectivity index (χ0) is 9.14. The highest BCUT2D eigenvalue weighted by Crippen LogP contribution is 2.27. The second kappa shape index (κ2) is 3.30. The van der Waals surface area contributed by atoms with Gasteiger partial charge in [0.15, 0.2) is 11.6 Å². The molecule has 0 aromatic heterocycles. The Balaban J connectivity index is 3.18. The summed E-state index contributed by atoms with van der Waals surface area (Å²) in [6.45, 7) is 0. The quantitative estimate of drug-likeness (QED) is 0.660. The van der Waals surface area contributed by atoms with Crippen LogP contribution in [-0.2, 0) is 0 Å². The van der Waals surface area contributed by atoms with Crippen molar-refractivity contribution in [1.82, 2.24) is 0 Å². The van der Waals surface area contributed by atoms with Gasteiger partial charge in [-0.3, -0.25) is 0 Å². The third-order valence-electron chi connectivity index (χ3n) is 1.59. The van der Waals surface area contributed by atoms with Crippen LogP contribution < -0.4 is 15.8 Å². The van der Waals surface area contributed by atoms with Gasteiger partial charge >= 0.3 is 0 Å². The molecule has 0 atom stereocenters. The van der Waals surface area contributed by atoms with Crippen molar-refractivity contribution in [1.29, 1.82) is 0 Å². The van der Waals surface area contributed by atoms with Gasteiger partial charge < -0.3 is 15.8 Å². The Kier molecular flexibility index (Phi) is 2.38. The van der Waals surface area contributed by atoms with E-state index >= 15 is 0 Å². The first-order valence-electron chi connectivity index (χ1n) is 3.49. The van der Waals surface area contributed by atoms with E-state index in [9.17, 15) is 4.39 Å². The number of rotatable bonds is 2. The molecule has 0 aliphatic heterocycles. The first-order chi connectivity index (χ1) is 5.69. The molecule has 0 spiro atoms. The number of benzene rings is 1. The average molecular weight is 170 g/mol. The average Bonchev–Trinajstić information content (AvgIpc) is 2.05. The predicted molar refractivity (Wildman–Crippen MR) is 46.9 cm³/mol. The SMILES string of the molecule is CNc1cc(OC)c(F)cc1N. The second-order valence-corrected chi connectivity index (χ2v) is 2.32. The molecule has 0 fully saturated rings. The van der Waals surface area contributed by atoms with Gasteiger partial charge in [0.1, 0.15) is 0 Å². The molecule has 0 unspecified atom stereocenters. The van der Waals surface area contributed by atoms with Gasteiger partial charge in [-0.1, -0.05) is 0 Å². The highest BCUT2D eigenvalue weighted by Gasteiger charge is 2.06. The molecule has 0 saturated heterocycles. The molecular weight excluding hydrogens is 159 g/mol. The van der Waals surface area contributed by atoms with Crippen molar-refractivity contribution < 1.29 is 9.13 Å². The summed E-state index contributed by atoms with van der Waals surface area (Å²) >= 11 is 0. The predicted octanol–water partition coefficient (Wildman–Crippen LogP) is 1.46. The van der Waals surface area contributed by atoms with Crippen LogP contribution >= 0.6 is 0 Å². The standard InChI is InChI=1S/C8H11FN2O/c1-11-7-4-8(12-2)5(9)3-6(7)10/h3-4,11H,10H2,1-2H3. The van der Waals surface area contributed by atoms with E-state index < -0.39 is 5.82 Å². The summed E-state index contributed by atoms with van der Waals surface area (Å²) in [7, 11) is 3.12. The van der Waals surface area contributed by atoms with Crippen molar-refractivity contribution >= 4 is 11.4 Å². The molecule has 3 nitrogen and oxygen atoms in total. The molecular formula is C8H11FN2O. The number of hydrogen-bond donors (Lipinski definition) is 2. The van der Waals surface area contributed by atoms with E-state index in [0.717, 1.165) is 0 Å². The minimum Gasteiger partial charge on any atom is -0.494 e. The van der Waals surface area contributed by atoms with Crippen molar-refractivity contribution in [3.63, 3.8) is 0 Å². The van der Waals surface area contributed by atoms with Gasteiger partial charge in [0.2, 0.25) is 0 Å². The lowest BCUT2D eigenvalue weighted by molar-refractivity contribution is 0.387. The van der Waals surface area contributed by atoms with E-state index in [0.29, 0.717) is 11.4 Å². The number of hydrogen-bond acceptors (Lipinski definition) is 3. The van der Waals surface area contributed by atoms with Gasteiger partial charge in [-0.05, 0) is 0 Å². The highest BCUT2D eigenvalue weighted by atomic mass is 19.1. The summed E-state index contributed by atoms with van der Waals surface area (Å²) in [4.78, 5) is 0. The van der Waals surface area contributed by atoms with Gasteiger partial charge in [-0.2, -0.15) is 0 Å². The Bertz CT molecular complexity index is 263. The molecule has 0 aliphatic rings. The lowest BCUT2D eigenvalue weighted by Crippen LogP contribution is -1.98. The Morgan fingerprint density at radius 1 is 1.50 bits per heavy atom. The molecule has 0 radical (unpaired) electrons. The van der Waals surface area contributed by atoms with Crippen LogP contribution in [0.3, 0.4) is 0 Å². The van der Waals surface area contributed by atoms with Gasteiger partial charge in [-0.25, -0.2) is 4.39 Å². The summed E-state index contributed by atoms with van der Waals surface area (Å²) < 4.78 is 17.7. The van der Waals surface area contributed by atoms with Crippen molar-refractivity contribution in [3.8, 4) is 5.75 Å². The normalized spacial score (nSPS) is 9.58. The monoisotopic (exact) mass is 170 g/mol. The van der Waals surface area contributed by atoms with Crippen LogP contribution in [0.15, 0.2) is 12.1 Å². The molecule has 0 aliphatic carbocycles. The maximum absolute atomic E-state index is 12.9. The maximum atomic E-state index is 12.9. The Hall–Kier alpha value is -1.45. The number of halogens is 1. The molecule has 66 valence electrons. The lowest BCUT2D eigenvalue weighted by Gasteiger charge is -2.07. The lowest BCUT2D eigenvalue weighted by atomic mass is 10.2. The van der Waals surface area contributed by atoms with E-state index in [1.165, 1.54) is 19.2 Å². The van der Waals surface area contributed by atoms with Crippen LogP contribution in [0.2, 0.25) is 0 Å². The van der Waals surface area contributed by atoms with Crippen LogP contribution in [0.4, 0.5) is 15.8 Å². The van der Waals surface area contributed by atoms with Crippen LogP contribution in [0.25, 0.3) is 0 Å². The third kappa shape index (κ3) is 1.42. The van der Waals surface area contributed by atoms with Gasteiger partial charge in [0, 0.05) is 19.2 Å². The zero-order valence-corrected chi connectivity index (χ0v) is 7.02. The van der Waals surface area contributed by atoms with E-state index in [2.05, 4.69) is 5.32 Å². The molecule has 0 saturated carbocycles. The van der Waals surface area contributed by atoms with E-state index in [-0.39, 0.29) is 5.75 Å². The summed E-state index contributed by atoms with van der Waals surface area (Å²) in [5.41, 5.74) is 6.53. The van der Waals surface area contributed by atoms with Gasteiger partial charge in [0.25, 0.3) is 0 Å². The molecule has 4 heteroatoms. The number of ether oxygens (including phenoxy) is 1. The molecule has 1 aromatic carbocycles. The topological polar surface area (TPSA) is 47.3 Å². The van der Waals surface area contributed by atoms with Gasteiger partial charge in [-0.15, -0.1) is 0 Å². The highest BCUT2D eigenvalue weighted by molar-refractivity contribution is 5.68. The Morgan fingerprint density at radius 3 is 2.67 bits per heavy atom. The van der Waals surface area contributed by atoms with Crippen molar-refractivity contribution in [2.45, 2.75) is 0 Å². The van der Waals surface area contributed by atoms with E-state index in [1.54, 1.807) is 7.05 Å². The fraction of sp³-hybridized carbons (Fsp3) is 0.250. The first kappa shape index (κ1) is 8.64. The Labute approximate surface area is 70.3 Å². The minimum atomic E-state index is -0.450. The van der Waals surface area contributed by atoms with Crippen LogP contribution in [0, 0.1) is 5.82 Å². The number of methoxy groups -OCH3 is 1. The molecule has 0 amide bonds. The van der Waals surface area contributed by atoms with Crippen LogP contribution in [-0.4, -0.2) is 14.2 Å². The maximum Gasteiger partial charge on any atom is 0.167 e. The minimum absolute atomic E-state index is 0.188. The van der Waals surface area contributed by atoms with Gasteiger partial charge in [0.05, 0.1) is 18.5 Å². The van der Waals surface area contributed by atoms with Crippen molar-refractivity contribution in [2.75, 3.05) is 25.2 Å².